The van der Waals surface area contributed by atoms with Crippen LogP contribution in [0.5, 0.6) is 0 Å². The van der Waals surface area contributed by atoms with Crippen LogP contribution in [0.15, 0.2) is 24.3 Å². The first kappa shape index (κ1) is 9.80. The van der Waals surface area contributed by atoms with Crippen molar-refractivity contribution in [3.63, 3.8) is 0 Å². The van der Waals surface area contributed by atoms with Crippen LogP contribution in [0.4, 0.5) is 11.4 Å². The number of nitrogens with two attached hydrogens (primary N) is 1. The monoisotopic (exact) mass is 195 g/mol. The predicted octanol–water partition coefficient (Wildman–Crippen LogP) is 1.41. The van der Waals surface area contributed by atoms with Gasteiger partial charge in [0.2, 0.25) is 0 Å². The molecule has 0 aliphatic carbocycles. The molecule has 0 atom stereocenters. The Morgan fingerprint density at radius 3 is 2.69 bits per heavy atom. The molecule has 0 unspecified atom stereocenters. The zero-order valence-electron chi connectivity index (χ0n) is 7.74. The van der Waals surface area contributed by atoms with Crippen molar-refractivity contribution in [2.24, 2.45) is 5.73 Å². The molecule has 70 valence electrons. The van der Waals surface area contributed by atoms with Gasteiger partial charge in [0.1, 0.15) is 0 Å². The lowest BCUT2D eigenvalue weighted by Gasteiger charge is -2.13. The van der Waals surface area contributed by atoms with Crippen LogP contribution >= 0.6 is 12.2 Å². The van der Waals surface area contributed by atoms with Crippen molar-refractivity contribution in [2.75, 3.05) is 24.3 Å². The predicted molar refractivity (Wildman–Crippen MR) is 61.2 cm³/mol. The fourth-order valence-electron chi connectivity index (χ4n) is 1.00. The number of nitrogens with zero attached hydrogens (tertiary/aromatic N) is 1. The molecule has 0 saturated carbocycles. The average molecular weight is 195 g/mol. The van der Waals surface area contributed by atoms with Crippen molar-refractivity contribution >= 4 is 28.7 Å². The smallest absolute Gasteiger partial charge is 0.168 e. The average Bonchev–Trinajstić information content (AvgIpc) is 2.03. The largest absolute Gasteiger partial charge is 0.378 e. The summed E-state index contributed by atoms with van der Waals surface area (Å²) in [6.07, 6.45) is 0. The maximum absolute atomic E-state index is 5.36. The molecule has 0 radical (unpaired) electrons. The molecule has 0 heterocycles. The van der Waals surface area contributed by atoms with Crippen molar-refractivity contribution < 1.29 is 0 Å². The minimum absolute atomic E-state index is 0.288. The molecule has 3 N–H and O–H groups in total. The Kier molecular flexibility index (Phi) is 3.08. The molecule has 1 rings (SSSR count). The molecule has 0 aliphatic rings. The van der Waals surface area contributed by atoms with E-state index in [4.69, 9.17) is 18.0 Å². The van der Waals surface area contributed by atoms with Gasteiger partial charge in [-0.1, -0.05) is 6.07 Å². The summed E-state index contributed by atoms with van der Waals surface area (Å²) >= 11 is 4.74. The first-order chi connectivity index (χ1) is 6.09. The van der Waals surface area contributed by atoms with Gasteiger partial charge in [0.25, 0.3) is 0 Å². The summed E-state index contributed by atoms with van der Waals surface area (Å²) in [7, 11) is 3.97. The molecule has 1 aromatic rings. The van der Waals surface area contributed by atoms with Crippen molar-refractivity contribution in [3.8, 4) is 0 Å². The summed E-state index contributed by atoms with van der Waals surface area (Å²) in [6, 6.07) is 7.88. The van der Waals surface area contributed by atoms with Crippen LogP contribution in [-0.2, 0) is 0 Å². The normalized spacial score (nSPS) is 9.38. The minimum Gasteiger partial charge on any atom is -0.378 e. The molecular weight excluding hydrogens is 182 g/mol. The van der Waals surface area contributed by atoms with Gasteiger partial charge < -0.3 is 16.0 Å². The summed E-state index contributed by atoms with van der Waals surface area (Å²) in [4.78, 5) is 2.02. The lowest BCUT2D eigenvalue weighted by Crippen LogP contribution is -2.19. The number of anilines is 2. The van der Waals surface area contributed by atoms with Crippen LogP contribution in [-0.4, -0.2) is 19.2 Å². The SMILES string of the molecule is CN(C)c1cccc(NC(N)=S)c1. The Balaban J connectivity index is 2.85. The van der Waals surface area contributed by atoms with E-state index in [2.05, 4.69) is 5.32 Å². The van der Waals surface area contributed by atoms with Gasteiger partial charge >= 0.3 is 0 Å². The van der Waals surface area contributed by atoms with Crippen LogP contribution < -0.4 is 16.0 Å². The van der Waals surface area contributed by atoms with Crippen molar-refractivity contribution in [1.82, 2.24) is 0 Å². The zero-order valence-corrected chi connectivity index (χ0v) is 8.56. The van der Waals surface area contributed by atoms with Crippen LogP contribution in [0.2, 0.25) is 0 Å². The van der Waals surface area contributed by atoms with Gasteiger partial charge in [-0.05, 0) is 30.4 Å². The Morgan fingerprint density at radius 1 is 1.46 bits per heavy atom. The Bertz CT molecular complexity index is 309. The van der Waals surface area contributed by atoms with E-state index in [-0.39, 0.29) is 5.11 Å². The Hall–Kier alpha value is -1.29. The first-order valence-corrected chi connectivity index (χ1v) is 4.34. The summed E-state index contributed by atoms with van der Waals surface area (Å²) < 4.78 is 0. The summed E-state index contributed by atoms with van der Waals surface area (Å²) in [6.45, 7) is 0. The number of nitrogens with one attached hydrogen (secondary N) is 1. The molecule has 0 bridgehead atoms. The lowest BCUT2D eigenvalue weighted by molar-refractivity contribution is 1.13. The Labute approximate surface area is 83.5 Å². The highest BCUT2D eigenvalue weighted by Crippen LogP contribution is 2.16. The molecule has 0 spiro atoms. The van der Waals surface area contributed by atoms with Crippen LogP contribution in [0.3, 0.4) is 0 Å². The minimum atomic E-state index is 0.288. The molecule has 13 heavy (non-hydrogen) atoms. The second-order valence-electron chi connectivity index (χ2n) is 2.93. The highest BCUT2D eigenvalue weighted by atomic mass is 32.1. The fourth-order valence-corrected chi connectivity index (χ4v) is 1.12. The van der Waals surface area contributed by atoms with Gasteiger partial charge in [-0.3, -0.25) is 0 Å². The summed E-state index contributed by atoms with van der Waals surface area (Å²) in [5.41, 5.74) is 7.39. The van der Waals surface area contributed by atoms with Crippen LogP contribution in [0, 0.1) is 0 Å². The molecule has 1 aromatic carbocycles. The maximum atomic E-state index is 5.36. The number of hydrogen-bond acceptors (Lipinski definition) is 2. The van der Waals surface area contributed by atoms with E-state index in [0.29, 0.717) is 0 Å². The third kappa shape index (κ3) is 2.91. The van der Waals surface area contributed by atoms with Crippen molar-refractivity contribution in [3.05, 3.63) is 24.3 Å². The van der Waals surface area contributed by atoms with E-state index in [9.17, 15) is 0 Å². The highest BCUT2D eigenvalue weighted by Gasteiger charge is 1.97. The molecule has 0 aliphatic heterocycles. The standard InChI is InChI=1S/C9H13N3S/c1-12(2)8-5-3-4-7(6-8)11-9(10)13/h3-6H,1-2H3,(H3,10,11,13). The number of thiocarbonyl (C=S) groups is 1. The molecule has 3 nitrogen and oxygen atoms in total. The third-order valence-electron chi connectivity index (χ3n) is 1.63. The van der Waals surface area contributed by atoms with Gasteiger partial charge in [0.15, 0.2) is 5.11 Å². The van der Waals surface area contributed by atoms with Crippen LogP contribution in [0.25, 0.3) is 0 Å². The molecule has 0 amide bonds. The van der Waals surface area contributed by atoms with E-state index >= 15 is 0 Å². The van der Waals surface area contributed by atoms with E-state index < -0.39 is 0 Å². The summed E-state index contributed by atoms with van der Waals surface area (Å²) in [5, 5.41) is 3.17. The van der Waals surface area contributed by atoms with E-state index in [1.165, 1.54) is 0 Å². The first-order valence-electron chi connectivity index (χ1n) is 3.93. The Morgan fingerprint density at radius 2 is 2.15 bits per heavy atom. The van der Waals surface area contributed by atoms with Gasteiger partial charge in [-0.15, -0.1) is 0 Å². The van der Waals surface area contributed by atoms with Gasteiger partial charge in [-0.25, -0.2) is 0 Å². The topological polar surface area (TPSA) is 41.3 Å². The maximum Gasteiger partial charge on any atom is 0.168 e. The van der Waals surface area contributed by atoms with Gasteiger partial charge in [-0.2, -0.15) is 0 Å². The zero-order chi connectivity index (χ0) is 9.84. The quantitative estimate of drug-likeness (QED) is 0.700. The third-order valence-corrected chi connectivity index (χ3v) is 1.73. The summed E-state index contributed by atoms with van der Waals surface area (Å²) in [5.74, 6) is 0. The van der Waals surface area contributed by atoms with Crippen LogP contribution in [0.1, 0.15) is 0 Å². The second-order valence-corrected chi connectivity index (χ2v) is 3.37. The van der Waals surface area contributed by atoms with Gasteiger partial charge in [0, 0.05) is 25.5 Å². The van der Waals surface area contributed by atoms with Crippen molar-refractivity contribution in [2.45, 2.75) is 0 Å². The fraction of sp³-hybridized carbons (Fsp3) is 0.222. The molecular formula is C9H13N3S. The van der Waals surface area contributed by atoms with E-state index in [1.54, 1.807) is 0 Å². The molecule has 4 heteroatoms. The molecule has 0 fully saturated rings. The van der Waals surface area contributed by atoms with Crippen molar-refractivity contribution in [1.29, 1.82) is 0 Å². The molecule has 0 saturated heterocycles. The van der Waals surface area contributed by atoms with Gasteiger partial charge in [0.05, 0.1) is 0 Å². The van der Waals surface area contributed by atoms with E-state index in [0.717, 1.165) is 11.4 Å². The number of hydrogen-bond donors (Lipinski definition) is 2. The lowest BCUT2D eigenvalue weighted by atomic mass is 10.2. The second kappa shape index (κ2) is 4.09. The van der Waals surface area contributed by atoms with E-state index in [1.807, 2.05) is 43.3 Å². The number of rotatable bonds is 2. The molecule has 0 aromatic heterocycles. The number of benzene rings is 1. The highest BCUT2D eigenvalue weighted by molar-refractivity contribution is 7.80.